The third-order valence-electron chi connectivity index (χ3n) is 6.78. The van der Waals surface area contributed by atoms with E-state index >= 15 is 0 Å². The highest BCUT2D eigenvalue weighted by atomic mass is 19.1. The molecule has 0 spiro atoms. The molecule has 33 heavy (non-hydrogen) atoms. The summed E-state index contributed by atoms with van der Waals surface area (Å²) in [6.45, 7) is 6.32. The SMILES string of the molecule is CCCCCCCCCCCCN(CCCCCCCCCCCC)c1cc(F)cc(F)c1. The fraction of sp³-hybridized carbons (Fsp3) is 0.800. The van der Waals surface area contributed by atoms with E-state index in [0.717, 1.165) is 32.0 Å². The maximum Gasteiger partial charge on any atom is 0.128 e. The van der Waals surface area contributed by atoms with Crippen LogP contribution >= 0.6 is 0 Å². The standard InChI is InChI=1S/C30H53F2N/c1-3-5-7-9-11-13-15-17-19-21-23-33(30-26-28(31)25-29(32)27-30)24-22-20-18-16-14-12-10-8-6-4-2/h25-27H,3-24H2,1-2H3. The van der Waals surface area contributed by atoms with E-state index in [1.54, 1.807) is 0 Å². The van der Waals surface area contributed by atoms with Crippen molar-refractivity contribution in [2.75, 3.05) is 18.0 Å². The highest BCUT2D eigenvalue weighted by Gasteiger charge is 2.09. The quantitative estimate of drug-likeness (QED) is 0.145. The first-order valence-corrected chi connectivity index (χ1v) is 14.4. The van der Waals surface area contributed by atoms with Gasteiger partial charge in [0, 0.05) is 24.8 Å². The zero-order valence-electron chi connectivity index (χ0n) is 22.0. The van der Waals surface area contributed by atoms with Crippen LogP contribution in [0.2, 0.25) is 0 Å². The van der Waals surface area contributed by atoms with Crippen molar-refractivity contribution in [3.63, 3.8) is 0 Å². The van der Waals surface area contributed by atoms with E-state index in [1.807, 2.05) is 0 Å². The van der Waals surface area contributed by atoms with Gasteiger partial charge >= 0.3 is 0 Å². The molecule has 0 saturated carbocycles. The molecular weight excluding hydrogens is 412 g/mol. The zero-order chi connectivity index (χ0) is 24.0. The van der Waals surface area contributed by atoms with Crippen LogP contribution < -0.4 is 4.90 Å². The Hall–Kier alpha value is -1.12. The van der Waals surface area contributed by atoms with Crippen LogP contribution in [0.3, 0.4) is 0 Å². The number of rotatable bonds is 23. The van der Waals surface area contributed by atoms with Crippen molar-refractivity contribution in [3.05, 3.63) is 29.8 Å². The Balaban J connectivity index is 2.25. The minimum atomic E-state index is -0.471. The molecule has 1 aromatic rings. The molecule has 0 saturated heterocycles. The molecule has 3 heteroatoms. The normalized spacial score (nSPS) is 11.3. The number of hydrogen-bond donors (Lipinski definition) is 0. The van der Waals surface area contributed by atoms with Crippen molar-refractivity contribution in [2.45, 2.75) is 142 Å². The van der Waals surface area contributed by atoms with E-state index in [-0.39, 0.29) is 0 Å². The van der Waals surface area contributed by atoms with Crippen LogP contribution in [0.5, 0.6) is 0 Å². The van der Waals surface area contributed by atoms with Gasteiger partial charge in [-0.05, 0) is 25.0 Å². The number of nitrogens with zero attached hydrogens (tertiary/aromatic N) is 1. The molecule has 0 atom stereocenters. The third kappa shape index (κ3) is 17.0. The lowest BCUT2D eigenvalue weighted by Gasteiger charge is -2.25. The maximum atomic E-state index is 13.8. The van der Waals surface area contributed by atoms with Crippen molar-refractivity contribution in [3.8, 4) is 0 Å². The summed E-state index contributed by atoms with van der Waals surface area (Å²) in [6, 6.07) is 3.97. The van der Waals surface area contributed by atoms with Gasteiger partial charge in [0.1, 0.15) is 11.6 Å². The summed E-state index contributed by atoms with van der Waals surface area (Å²) in [6.07, 6.45) is 26.1. The Bertz CT molecular complexity index is 516. The summed E-state index contributed by atoms with van der Waals surface area (Å²) in [7, 11) is 0. The average molecular weight is 466 g/mol. The Morgan fingerprint density at radius 1 is 0.455 bits per heavy atom. The number of halogens is 2. The Kier molecular flexibility index (Phi) is 19.4. The summed E-state index contributed by atoms with van der Waals surface area (Å²) in [5.74, 6) is -0.942. The van der Waals surface area contributed by atoms with Crippen molar-refractivity contribution in [1.29, 1.82) is 0 Å². The van der Waals surface area contributed by atoms with Crippen molar-refractivity contribution < 1.29 is 8.78 Å². The van der Waals surface area contributed by atoms with Crippen LogP contribution in [-0.4, -0.2) is 13.1 Å². The summed E-state index contributed by atoms with van der Waals surface area (Å²) in [5.41, 5.74) is 0.708. The van der Waals surface area contributed by atoms with E-state index in [9.17, 15) is 8.78 Å². The lowest BCUT2D eigenvalue weighted by atomic mass is 10.1. The van der Waals surface area contributed by atoms with Gasteiger partial charge in [-0.2, -0.15) is 0 Å². The molecule has 1 aromatic carbocycles. The topological polar surface area (TPSA) is 3.24 Å². The number of anilines is 1. The first kappa shape index (κ1) is 29.9. The van der Waals surface area contributed by atoms with E-state index in [1.165, 1.54) is 128 Å². The molecule has 0 aliphatic rings. The predicted octanol–water partition coefficient (Wildman–Crippen LogP) is 10.6. The molecular formula is C30H53F2N. The smallest absolute Gasteiger partial charge is 0.128 e. The molecule has 0 fully saturated rings. The van der Waals surface area contributed by atoms with Crippen LogP contribution in [0.15, 0.2) is 18.2 Å². The van der Waals surface area contributed by atoms with E-state index in [4.69, 9.17) is 0 Å². The summed E-state index contributed by atoms with van der Waals surface area (Å²) >= 11 is 0. The van der Waals surface area contributed by atoms with Crippen LogP contribution in [0.4, 0.5) is 14.5 Å². The second-order valence-corrected chi connectivity index (χ2v) is 9.98. The molecule has 1 rings (SSSR count). The van der Waals surface area contributed by atoms with Gasteiger partial charge in [0.2, 0.25) is 0 Å². The van der Waals surface area contributed by atoms with E-state index in [0.29, 0.717) is 5.69 Å². The zero-order valence-corrected chi connectivity index (χ0v) is 22.0. The second-order valence-electron chi connectivity index (χ2n) is 9.98. The van der Waals surface area contributed by atoms with Crippen molar-refractivity contribution in [2.24, 2.45) is 0 Å². The lowest BCUT2D eigenvalue weighted by molar-refractivity contribution is 0.541. The average Bonchev–Trinajstić information content (AvgIpc) is 2.79. The van der Waals surface area contributed by atoms with Gasteiger partial charge in [-0.1, -0.05) is 129 Å². The van der Waals surface area contributed by atoms with Crippen molar-refractivity contribution >= 4 is 5.69 Å². The molecule has 0 aromatic heterocycles. The van der Waals surface area contributed by atoms with Crippen LogP contribution in [0.1, 0.15) is 142 Å². The Morgan fingerprint density at radius 2 is 0.758 bits per heavy atom. The van der Waals surface area contributed by atoms with E-state index < -0.39 is 11.6 Å². The lowest BCUT2D eigenvalue weighted by Crippen LogP contribution is -2.26. The second kappa shape index (κ2) is 21.4. The molecule has 0 bridgehead atoms. The molecule has 0 unspecified atom stereocenters. The molecule has 192 valence electrons. The minimum absolute atomic E-state index is 0.471. The fourth-order valence-corrected chi connectivity index (χ4v) is 4.67. The van der Waals surface area contributed by atoms with Gasteiger partial charge < -0.3 is 4.90 Å². The number of hydrogen-bond acceptors (Lipinski definition) is 1. The summed E-state index contributed by atoms with van der Waals surface area (Å²) in [5, 5.41) is 0. The summed E-state index contributed by atoms with van der Waals surface area (Å²) in [4.78, 5) is 2.21. The molecule has 0 aliphatic heterocycles. The molecule has 0 aliphatic carbocycles. The number of unbranched alkanes of at least 4 members (excludes halogenated alkanes) is 18. The van der Waals surface area contributed by atoms with Crippen LogP contribution in [0.25, 0.3) is 0 Å². The van der Waals surface area contributed by atoms with E-state index in [2.05, 4.69) is 18.7 Å². The maximum absolute atomic E-state index is 13.8. The van der Waals surface area contributed by atoms with Crippen LogP contribution in [0, 0.1) is 11.6 Å². The van der Waals surface area contributed by atoms with Crippen LogP contribution in [-0.2, 0) is 0 Å². The highest BCUT2D eigenvalue weighted by molar-refractivity contribution is 5.46. The molecule has 1 nitrogen and oxygen atoms in total. The highest BCUT2D eigenvalue weighted by Crippen LogP contribution is 2.21. The third-order valence-corrected chi connectivity index (χ3v) is 6.78. The fourth-order valence-electron chi connectivity index (χ4n) is 4.67. The van der Waals surface area contributed by atoms with Gasteiger partial charge in [0.05, 0.1) is 0 Å². The largest absolute Gasteiger partial charge is 0.371 e. The number of benzene rings is 1. The molecule has 0 amide bonds. The first-order chi connectivity index (χ1) is 16.2. The Morgan fingerprint density at radius 3 is 1.09 bits per heavy atom. The van der Waals surface area contributed by atoms with Gasteiger partial charge in [-0.3, -0.25) is 0 Å². The predicted molar refractivity (Wildman–Crippen MR) is 142 cm³/mol. The Labute approximate surface area is 204 Å². The minimum Gasteiger partial charge on any atom is -0.371 e. The van der Waals surface area contributed by atoms with Gasteiger partial charge in [-0.25, -0.2) is 8.78 Å². The molecule has 0 heterocycles. The summed E-state index contributed by atoms with van der Waals surface area (Å²) < 4.78 is 27.6. The van der Waals surface area contributed by atoms with Crippen molar-refractivity contribution in [1.82, 2.24) is 0 Å². The monoisotopic (exact) mass is 465 g/mol. The molecule has 0 radical (unpaired) electrons. The van der Waals surface area contributed by atoms with Gasteiger partial charge in [-0.15, -0.1) is 0 Å². The first-order valence-electron chi connectivity index (χ1n) is 14.4. The van der Waals surface area contributed by atoms with Gasteiger partial charge in [0.15, 0.2) is 0 Å². The molecule has 0 N–H and O–H groups in total. The van der Waals surface area contributed by atoms with Gasteiger partial charge in [0.25, 0.3) is 0 Å².